The number of carbonyl (C=O) groups excluding carboxylic acids is 1. The van der Waals surface area contributed by atoms with Crippen LogP contribution in [-0.4, -0.2) is 34.9 Å². The van der Waals surface area contributed by atoms with Gasteiger partial charge in [0, 0.05) is 6.42 Å². The first-order valence-corrected chi connectivity index (χ1v) is 33.7. The van der Waals surface area contributed by atoms with Gasteiger partial charge in [-0.1, -0.05) is 347 Å². The molecule has 0 aliphatic carbocycles. The summed E-state index contributed by atoms with van der Waals surface area (Å²) in [5, 5.41) is 23.3. The van der Waals surface area contributed by atoms with Gasteiger partial charge in [-0.05, 0) is 89.9 Å². The zero-order chi connectivity index (χ0) is 56.2. The van der Waals surface area contributed by atoms with Crippen LogP contribution in [0, 0.1) is 0 Å². The third-order valence-electron chi connectivity index (χ3n) is 15.0. The number of unbranched alkanes of at least 4 members (excludes halogenated alkanes) is 36. The monoisotopic (exact) mass is 1080 g/mol. The van der Waals surface area contributed by atoms with Crippen LogP contribution in [0.25, 0.3) is 0 Å². The summed E-state index contributed by atoms with van der Waals surface area (Å²) in [6.45, 7) is 4.21. The Morgan fingerprint density at radius 2 is 0.564 bits per heavy atom. The molecule has 0 aliphatic heterocycles. The molecule has 0 aromatic heterocycles. The summed E-state index contributed by atoms with van der Waals surface area (Å²) in [5.41, 5.74) is 0. The Morgan fingerprint density at radius 3 is 0.846 bits per heavy atom. The number of aliphatic hydroxyl groups excluding tert-OH is 2. The van der Waals surface area contributed by atoms with Crippen molar-refractivity contribution in [2.24, 2.45) is 0 Å². The minimum atomic E-state index is -0.855. The standard InChI is InChI=1S/C74H129NO3/c1-3-5-7-9-11-13-15-17-19-21-23-25-27-29-31-33-35-36-37-38-40-42-44-46-48-50-52-54-56-58-60-62-64-66-68-70-74(78)75-72(71-76)73(77)69-67-65-63-61-59-57-55-53-51-49-47-45-43-41-39-34-32-30-28-26-24-22-20-18-16-14-12-10-8-6-4-2/h5,7,11,13,17,19,23,25,29,31,35-36,38,40,44,46,50,52,67,69,72-73,76-77H,3-4,6,8-10,12,14-16,18,20-22,24,26-28,30,32-34,37,39,41-43,45,47-49,51,53-66,68,70-71H2,1-2H3,(H,75,78)/b7-5-,13-11-,19-17-,25-23-,31-29-,36-35-,40-38-,46-44-,52-50-,69-67+. The van der Waals surface area contributed by atoms with Crippen LogP contribution in [0.15, 0.2) is 122 Å². The molecular weight excluding hydrogens is 951 g/mol. The Balaban J connectivity index is 3.56. The molecule has 448 valence electrons. The highest BCUT2D eigenvalue weighted by atomic mass is 16.3. The largest absolute Gasteiger partial charge is 0.394 e. The third kappa shape index (κ3) is 63.6. The molecular formula is C74H129NO3. The molecule has 1 amide bonds. The van der Waals surface area contributed by atoms with E-state index in [0.29, 0.717) is 6.42 Å². The van der Waals surface area contributed by atoms with Crippen molar-refractivity contribution in [1.29, 1.82) is 0 Å². The maximum Gasteiger partial charge on any atom is 0.220 e. The van der Waals surface area contributed by atoms with Gasteiger partial charge in [-0.25, -0.2) is 0 Å². The van der Waals surface area contributed by atoms with Crippen molar-refractivity contribution in [3.8, 4) is 0 Å². The van der Waals surface area contributed by atoms with Gasteiger partial charge in [0.25, 0.3) is 0 Å². The molecule has 0 aliphatic rings. The van der Waals surface area contributed by atoms with Gasteiger partial charge in [0.15, 0.2) is 0 Å². The van der Waals surface area contributed by atoms with Crippen LogP contribution in [-0.2, 0) is 4.79 Å². The van der Waals surface area contributed by atoms with Gasteiger partial charge in [0.05, 0.1) is 18.8 Å². The van der Waals surface area contributed by atoms with Crippen LogP contribution < -0.4 is 5.32 Å². The van der Waals surface area contributed by atoms with Gasteiger partial charge >= 0.3 is 0 Å². The molecule has 78 heavy (non-hydrogen) atoms. The molecule has 2 unspecified atom stereocenters. The number of hydrogen-bond donors (Lipinski definition) is 3. The lowest BCUT2D eigenvalue weighted by atomic mass is 10.0. The van der Waals surface area contributed by atoms with Crippen molar-refractivity contribution in [3.05, 3.63) is 122 Å². The number of allylic oxidation sites excluding steroid dienone is 19. The van der Waals surface area contributed by atoms with E-state index >= 15 is 0 Å². The summed E-state index contributed by atoms with van der Waals surface area (Å²) in [6, 6.07) is -0.639. The van der Waals surface area contributed by atoms with E-state index in [-0.39, 0.29) is 12.5 Å². The molecule has 0 saturated carbocycles. The molecule has 0 saturated heterocycles. The van der Waals surface area contributed by atoms with Gasteiger partial charge in [-0.2, -0.15) is 0 Å². The predicted octanol–water partition coefficient (Wildman–Crippen LogP) is 23.2. The second-order valence-electron chi connectivity index (χ2n) is 22.5. The van der Waals surface area contributed by atoms with E-state index in [2.05, 4.69) is 129 Å². The number of carbonyl (C=O) groups is 1. The van der Waals surface area contributed by atoms with E-state index < -0.39 is 12.1 Å². The fourth-order valence-corrected chi connectivity index (χ4v) is 9.88. The molecule has 0 aromatic carbocycles. The van der Waals surface area contributed by atoms with Gasteiger partial charge in [0.2, 0.25) is 5.91 Å². The highest BCUT2D eigenvalue weighted by Gasteiger charge is 2.18. The zero-order valence-corrected chi connectivity index (χ0v) is 51.7. The van der Waals surface area contributed by atoms with E-state index in [1.165, 1.54) is 205 Å². The van der Waals surface area contributed by atoms with Crippen molar-refractivity contribution < 1.29 is 15.0 Å². The average Bonchev–Trinajstić information content (AvgIpc) is 3.44. The Morgan fingerprint density at radius 1 is 0.321 bits per heavy atom. The Bertz CT molecular complexity index is 1510. The predicted molar refractivity (Wildman–Crippen MR) is 349 cm³/mol. The number of amides is 1. The highest BCUT2D eigenvalue weighted by Crippen LogP contribution is 2.17. The lowest BCUT2D eigenvalue weighted by molar-refractivity contribution is -0.123. The number of hydrogen-bond acceptors (Lipinski definition) is 3. The summed E-state index contributed by atoms with van der Waals surface area (Å²) in [4.78, 5) is 12.5. The molecule has 0 aromatic rings. The SMILES string of the molecule is CC/C=C\C/C=C\C/C=C\C/C=C\C/C=C\C/C=C\C/C=C\C/C=C\C/C=C\CCCCCCCCCC(=O)NC(CO)C(O)/C=C/CCCCCCCCCCCCCCCCCCCCCCCCCCCCCCC. The van der Waals surface area contributed by atoms with Crippen LogP contribution in [0.3, 0.4) is 0 Å². The summed E-state index contributed by atoms with van der Waals surface area (Å²) in [7, 11) is 0. The van der Waals surface area contributed by atoms with Gasteiger partial charge < -0.3 is 15.5 Å². The fraction of sp³-hybridized carbons (Fsp3) is 0.716. The third-order valence-corrected chi connectivity index (χ3v) is 15.0. The normalized spacial score (nSPS) is 13.5. The zero-order valence-electron chi connectivity index (χ0n) is 51.7. The summed E-state index contributed by atoms with van der Waals surface area (Å²) in [5.74, 6) is -0.0765. The Hall–Kier alpha value is -3.21. The van der Waals surface area contributed by atoms with Crippen LogP contribution in [0.2, 0.25) is 0 Å². The lowest BCUT2D eigenvalue weighted by Gasteiger charge is -2.20. The Labute approximate surface area is 486 Å². The molecule has 0 fully saturated rings. The molecule has 2 atom stereocenters. The van der Waals surface area contributed by atoms with E-state index in [4.69, 9.17) is 0 Å². The average molecular weight is 1080 g/mol. The fourth-order valence-electron chi connectivity index (χ4n) is 9.88. The second kappa shape index (κ2) is 68.1. The van der Waals surface area contributed by atoms with Crippen molar-refractivity contribution >= 4 is 5.91 Å². The summed E-state index contributed by atoms with van der Waals surface area (Å²) < 4.78 is 0. The molecule has 0 radical (unpaired) electrons. The van der Waals surface area contributed by atoms with E-state index in [0.717, 1.165) is 96.3 Å². The van der Waals surface area contributed by atoms with Crippen molar-refractivity contribution in [1.82, 2.24) is 5.32 Å². The van der Waals surface area contributed by atoms with E-state index in [9.17, 15) is 15.0 Å². The number of aliphatic hydroxyl groups is 2. The van der Waals surface area contributed by atoms with Gasteiger partial charge in [-0.15, -0.1) is 0 Å². The Kier molecular flexibility index (Phi) is 65.3. The van der Waals surface area contributed by atoms with Crippen LogP contribution in [0.5, 0.6) is 0 Å². The van der Waals surface area contributed by atoms with Crippen LogP contribution in [0.4, 0.5) is 0 Å². The molecule has 4 nitrogen and oxygen atoms in total. The highest BCUT2D eigenvalue weighted by molar-refractivity contribution is 5.76. The molecule has 3 N–H and O–H groups in total. The smallest absolute Gasteiger partial charge is 0.220 e. The summed E-state index contributed by atoms with van der Waals surface area (Å²) in [6.07, 6.45) is 104. The van der Waals surface area contributed by atoms with Crippen LogP contribution >= 0.6 is 0 Å². The summed E-state index contributed by atoms with van der Waals surface area (Å²) >= 11 is 0. The minimum Gasteiger partial charge on any atom is -0.394 e. The maximum atomic E-state index is 12.5. The topological polar surface area (TPSA) is 69.6 Å². The number of nitrogens with one attached hydrogen (secondary N) is 1. The van der Waals surface area contributed by atoms with E-state index in [1.807, 2.05) is 6.08 Å². The second-order valence-corrected chi connectivity index (χ2v) is 22.5. The van der Waals surface area contributed by atoms with Crippen molar-refractivity contribution in [2.45, 2.75) is 334 Å². The molecule has 0 bridgehead atoms. The molecule has 4 heteroatoms. The first kappa shape index (κ1) is 74.8. The van der Waals surface area contributed by atoms with E-state index in [1.54, 1.807) is 6.08 Å². The molecule has 0 rings (SSSR count). The van der Waals surface area contributed by atoms with Crippen LogP contribution in [0.1, 0.15) is 322 Å². The quantitative estimate of drug-likeness (QED) is 0.0420. The maximum absolute atomic E-state index is 12.5. The van der Waals surface area contributed by atoms with Crippen molar-refractivity contribution in [2.75, 3.05) is 6.61 Å². The van der Waals surface area contributed by atoms with Gasteiger partial charge in [0.1, 0.15) is 0 Å². The molecule has 0 spiro atoms. The first-order chi connectivity index (χ1) is 38.7. The minimum absolute atomic E-state index is 0.0765. The lowest BCUT2D eigenvalue weighted by Crippen LogP contribution is -2.45. The molecule has 0 heterocycles. The van der Waals surface area contributed by atoms with Gasteiger partial charge in [-0.3, -0.25) is 4.79 Å². The van der Waals surface area contributed by atoms with Crippen molar-refractivity contribution in [3.63, 3.8) is 0 Å². The first-order valence-electron chi connectivity index (χ1n) is 33.7. The number of rotatable bonds is 61.